The third kappa shape index (κ3) is 9.11. The molecule has 0 radical (unpaired) electrons. The lowest BCUT2D eigenvalue weighted by molar-refractivity contribution is 0.965. The second-order valence-electron chi connectivity index (χ2n) is 8.60. The van der Waals surface area contributed by atoms with Gasteiger partial charge in [0.2, 0.25) is 0 Å². The van der Waals surface area contributed by atoms with E-state index < -0.39 is 0 Å². The summed E-state index contributed by atoms with van der Waals surface area (Å²) in [5.41, 5.74) is 26.1. The van der Waals surface area contributed by atoms with Crippen molar-refractivity contribution in [2.24, 2.45) is 27.3 Å². The third-order valence-electron chi connectivity index (χ3n) is 5.88. The van der Waals surface area contributed by atoms with Crippen LogP contribution in [0.15, 0.2) is 125 Å². The zero-order chi connectivity index (χ0) is 27.0. The molecule has 0 fully saturated rings. The van der Waals surface area contributed by atoms with Gasteiger partial charge in [-0.15, -0.1) is 0 Å². The van der Waals surface area contributed by atoms with Crippen LogP contribution in [0.5, 0.6) is 0 Å². The Morgan fingerprint density at radius 2 is 1.37 bits per heavy atom. The quantitative estimate of drug-likeness (QED) is 0.0936. The number of nitrogen functional groups attached to an aromatic ring is 2. The number of aliphatic imine (C=N–C) groups is 2. The number of allylic oxidation sites excluding steroid dienone is 5. The Bertz CT molecular complexity index is 1300. The molecule has 0 bridgehead atoms. The van der Waals surface area contributed by atoms with Crippen LogP contribution < -0.4 is 28.5 Å². The molecule has 7 nitrogen and oxygen atoms in total. The molecule has 1 aliphatic carbocycles. The van der Waals surface area contributed by atoms with Crippen molar-refractivity contribution in [3.63, 3.8) is 0 Å². The normalized spacial score (nSPS) is 13.2. The Balaban J connectivity index is 0.000000212. The highest BCUT2D eigenvalue weighted by molar-refractivity contribution is 6.02. The lowest BCUT2D eigenvalue weighted by Gasteiger charge is -2.08. The Kier molecular flexibility index (Phi) is 11.4. The summed E-state index contributed by atoms with van der Waals surface area (Å²) in [4.78, 5) is 8.80. The van der Waals surface area contributed by atoms with Gasteiger partial charge in [-0.3, -0.25) is 15.8 Å². The number of amidine groups is 2. The van der Waals surface area contributed by atoms with E-state index in [1.54, 1.807) is 0 Å². The van der Waals surface area contributed by atoms with E-state index in [0.717, 1.165) is 36.1 Å². The summed E-state index contributed by atoms with van der Waals surface area (Å²) < 4.78 is 0. The fourth-order valence-electron chi connectivity index (χ4n) is 3.80. The van der Waals surface area contributed by atoms with E-state index in [1.165, 1.54) is 11.1 Å². The Hall–Kier alpha value is -4.62. The van der Waals surface area contributed by atoms with Crippen LogP contribution >= 0.6 is 0 Å². The number of hydrogen-bond acceptors (Lipinski definition) is 5. The molecule has 38 heavy (non-hydrogen) atoms. The SMILES string of the molecule is NC(=NCCc1ccccc1)c1ccccc1N.NNc1ccccc1C(N)=NCCC1=CCC=CC=C1. The standard InChI is InChI=1S/C16H20N4.C15H17N3/c17-16(14-9-5-6-10-15(14)20-18)19-12-11-13-7-3-1-2-4-8-13;16-14-9-5-4-8-13(14)15(17)18-11-10-12-6-2-1-3-7-12/h1-3,5-10,20H,4,11-12,18H2,(H2,17,19);1-9H,10-11,16H2,(H2,17,18). The molecule has 9 N–H and O–H groups in total. The van der Waals surface area contributed by atoms with E-state index in [1.807, 2.05) is 66.7 Å². The number of nitrogens with one attached hydrogen (secondary N) is 1. The van der Waals surface area contributed by atoms with Crippen molar-refractivity contribution < 1.29 is 0 Å². The molecular weight excluding hydrogens is 470 g/mol. The van der Waals surface area contributed by atoms with Crippen LogP contribution in [0.1, 0.15) is 29.5 Å². The zero-order valence-electron chi connectivity index (χ0n) is 21.6. The summed E-state index contributed by atoms with van der Waals surface area (Å²) in [5, 5.41) is 0. The zero-order valence-corrected chi connectivity index (χ0v) is 21.6. The van der Waals surface area contributed by atoms with Gasteiger partial charge in [0, 0.05) is 29.9 Å². The van der Waals surface area contributed by atoms with E-state index in [2.05, 4.69) is 57.9 Å². The van der Waals surface area contributed by atoms with Crippen LogP contribution in [0.4, 0.5) is 11.4 Å². The van der Waals surface area contributed by atoms with Crippen molar-refractivity contribution in [1.82, 2.24) is 0 Å². The first-order valence-electron chi connectivity index (χ1n) is 12.7. The minimum absolute atomic E-state index is 0.504. The number of para-hydroxylation sites is 2. The van der Waals surface area contributed by atoms with Crippen molar-refractivity contribution in [3.05, 3.63) is 132 Å². The fourth-order valence-corrected chi connectivity index (χ4v) is 3.80. The first kappa shape index (κ1) is 28.0. The minimum Gasteiger partial charge on any atom is -0.398 e. The second-order valence-corrected chi connectivity index (χ2v) is 8.60. The van der Waals surface area contributed by atoms with Gasteiger partial charge >= 0.3 is 0 Å². The van der Waals surface area contributed by atoms with Gasteiger partial charge in [-0.25, -0.2) is 0 Å². The van der Waals surface area contributed by atoms with Gasteiger partial charge in [0.05, 0.1) is 5.69 Å². The van der Waals surface area contributed by atoms with Crippen LogP contribution in [0.25, 0.3) is 0 Å². The lowest BCUT2D eigenvalue weighted by Crippen LogP contribution is -2.18. The summed E-state index contributed by atoms with van der Waals surface area (Å²) in [6.07, 6.45) is 13.3. The molecule has 1 aliphatic rings. The Morgan fingerprint density at radius 3 is 2.11 bits per heavy atom. The monoisotopic (exact) mass is 507 g/mol. The summed E-state index contributed by atoms with van der Waals surface area (Å²) in [6.45, 7) is 1.34. The molecule has 4 rings (SSSR count). The summed E-state index contributed by atoms with van der Waals surface area (Å²) in [6, 6.07) is 25.3. The molecule has 0 atom stereocenters. The van der Waals surface area contributed by atoms with Gasteiger partial charge in [-0.05, 0) is 54.7 Å². The van der Waals surface area contributed by atoms with Crippen LogP contribution in [0.2, 0.25) is 0 Å². The van der Waals surface area contributed by atoms with Gasteiger partial charge < -0.3 is 22.6 Å². The molecule has 3 aromatic rings. The highest BCUT2D eigenvalue weighted by atomic mass is 15.2. The largest absolute Gasteiger partial charge is 0.398 e. The average molecular weight is 508 g/mol. The molecule has 0 aromatic heterocycles. The molecule has 0 amide bonds. The lowest BCUT2D eigenvalue weighted by atomic mass is 10.1. The van der Waals surface area contributed by atoms with Gasteiger partial charge in [0.25, 0.3) is 0 Å². The number of nitrogens with zero attached hydrogens (tertiary/aromatic N) is 2. The molecule has 0 unspecified atom stereocenters. The molecule has 0 saturated carbocycles. The molecule has 0 saturated heterocycles. The number of benzene rings is 3. The number of nitrogens with two attached hydrogens (primary N) is 4. The predicted molar refractivity (Wildman–Crippen MR) is 162 cm³/mol. The summed E-state index contributed by atoms with van der Waals surface area (Å²) >= 11 is 0. The van der Waals surface area contributed by atoms with Crippen LogP contribution in [-0.2, 0) is 6.42 Å². The smallest absolute Gasteiger partial charge is 0.127 e. The number of hydrazine groups is 1. The Morgan fingerprint density at radius 1 is 0.737 bits per heavy atom. The highest BCUT2D eigenvalue weighted by Gasteiger charge is 2.04. The third-order valence-corrected chi connectivity index (χ3v) is 5.88. The summed E-state index contributed by atoms with van der Waals surface area (Å²) in [5.74, 6) is 6.48. The average Bonchev–Trinajstić information content (AvgIpc) is 3.23. The predicted octanol–water partition coefficient (Wildman–Crippen LogP) is 4.73. The van der Waals surface area contributed by atoms with Crippen molar-refractivity contribution >= 4 is 23.0 Å². The van der Waals surface area contributed by atoms with E-state index in [9.17, 15) is 0 Å². The van der Waals surface area contributed by atoms with Crippen LogP contribution in [0, 0.1) is 0 Å². The van der Waals surface area contributed by atoms with Gasteiger partial charge in [0.1, 0.15) is 11.7 Å². The molecule has 0 aliphatic heterocycles. The first-order chi connectivity index (χ1) is 18.6. The van der Waals surface area contributed by atoms with E-state index in [4.69, 9.17) is 23.0 Å². The van der Waals surface area contributed by atoms with Crippen molar-refractivity contribution in [3.8, 4) is 0 Å². The molecular formula is C31H37N7. The Labute approximate surface area is 225 Å². The molecule has 3 aromatic carbocycles. The molecule has 0 heterocycles. The first-order valence-corrected chi connectivity index (χ1v) is 12.7. The second kappa shape index (κ2) is 15.5. The van der Waals surface area contributed by atoms with Crippen molar-refractivity contribution in [1.29, 1.82) is 0 Å². The van der Waals surface area contributed by atoms with E-state index in [-0.39, 0.29) is 0 Å². The maximum Gasteiger partial charge on any atom is 0.127 e. The number of hydrogen-bond donors (Lipinski definition) is 5. The molecule has 196 valence electrons. The van der Waals surface area contributed by atoms with Crippen molar-refractivity contribution in [2.45, 2.75) is 19.3 Å². The molecule has 7 heteroatoms. The topological polar surface area (TPSA) is 141 Å². The van der Waals surface area contributed by atoms with Gasteiger partial charge in [-0.2, -0.15) is 0 Å². The van der Waals surface area contributed by atoms with E-state index in [0.29, 0.717) is 30.4 Å². The van der Waals surface area contributed by atoms with Crippen LogP contribution in [-0.4, -0.2) is 24.8 Å². The maximum absolute atomic E-state index is 6.02. The van der Waals surface area contributed by atoms with Gasteiger partial charge in [0.15, 0.2) is 0 Å². The maximum atomic E-state index is 6.02. The van der Waals surface area contributed by atoms with Gasteiger partial charge in [-0.1, -0.05) is 85.0 Å². The highest BCUT2D eigenvalue weighted by Crippen LogP contribution is 2.14. The summed E-state index contributed by atoms with van der Waals surface area (Å²) in [7, 11) is 0. The molecule has 0 spiro atoms. The van der Waals surface area contributed by atoms with Crippen LogP contribution in [0.3, 0.4) is 0 Å². The van der Waals surface area contributed by atoms with Crippen molar-refractivity contribution in [2.75, 3.05) is 24.2 Å². The minimum atomic E-state index is 0.504. The van der Waals surface area contributed by atoms with E-state index >= 15 is 0 Å². The fraction of sp³-hybridized carbons (Fsp3) is 0.161. The number of rotatable bonds is 9. The number of anilines is 2.